The number of carboxylic acids is 1. The summed E-state index contributed by atoms with van der Waals surface area (Å²) in [5, 5.41) is 22.1. The van der Waals surface area contributed by atoms with E-state index in [9.17, 15) is 9.90 Å². The predicted molar refractivity (Wildman–Crippen MR) is 165 cm³/mol. The molecule has 0 unspecified atom stereocenters. The Morgan fingerprint density at radius 2 is 2.02 bits per heavy atom. The highest BCUT2D eigenvalue weighted by Gasteiger charge is 2.21. The highest BCUT2D eigenvalue weighted by atomic mass is 16.5. The van der Waals surface area contributed by atoms with Gasteiger partial charge < -0.3 is 20.5 Å². The minimum atomic E-state index is -0.890. The molecule has 0 bridgehead atoms. The third kappa shape index (κ3) is 7.76. The first-order valence-electron chi connectivity index (χ1n) is 14.9. The van der Waals surface area contributed by atoms with Crippen LogP contribution in [0.4, 0.5) is 11.6 Å². The van der Waals surface area contributed by atoms with E-state index in [-0.39, 0.29) is 0 Å². The second-order valence-corrected chi connectivity index (χ2v) is 10.9. The third-order valence-corrected chi connectivity index (χ3v) is 7.77. The molecule has 0 radical (unpaired) electrons. The Morgan fingerprint density at radius 1 is 1.14 bits per heavy atom. The number of hydrogen-bond acceptors (Lipinski definition) is 8. The van der Waals surface area contributed by atoms with Crippen LogP contribution in [0.5, 0.6) is 5.75 Å². The van der Waals surface area contributed by atoms with Crippen LogP contribution in [-0.2, 0) is 24.7 Å². The van der Waals surface area contributed by atoms with Gasteiger partial charge in [-0.3, -0.25) is 14.6 Å². The van der Waals surface area contributed by atoms with Crippen molar-refractivity contribution in [1.29, 1.82) is 0 Å². The van der Waals surface area contributed by atoms with Crippen LogP contribution in [0.15, 0.2) is 54.7 Å². The lowest BCUT2D eigenvalue weighted by Crippen LogP contribution is -2.37. The van der Waals surface area contributed by atoms with Gasteiger partial charge in [0, 0.05) is 43.5 Å². The number of unbranched alkanes of at least 4 members (excludes halogenated alkanes) is 1. The number of pyridine rings is 2. The molecule has 4 aromatic rings. The molecule has 42 heavy (non-hydrogen) atoms. The molecule has 3 N–H and O–H groups in total. The molecule has 0 aliphatic carbocycles. The number of para-hydroxylation sites is 1. The fourth-order valence-electron chi connectivity index (χ4n) is 5.37. The lowest BCUT2D eigenvalue weighted by atomic mass is 10.1. The van der Waals surface area contributed by atoms with Crippen molar-refractivity contribution in [2.45, 2.75) is 51.5 Å². The minimum Gasteiger partial charge on any atom is -0.491 e. The zero-order valence-electron chi connectivity index (χ0n) is 24.6. The quantitative estimate of drug-likeness (QED) is 0.175. The lowest BCUT2D eigenvalue weighted by Gasteiger charge is -2.24. The molecule has 0 fully saturated rings. The number of benzene rings is 1. The first-order chi connectivity index (χ1) is 20.5. The van der Waals surface area contributed by atoms with E-state index in [1.807, 2.05) is 50.4 Å². The summed E-state index contributed by atoms with van der Waals surface area (Å²) in [5.74, 6) is 1.48. The number of aryl methyl sites for hydroxylation is 4. The fourth-order valence-corrected chi connectivity index (χ4v) is 5.37. The van der Waals surface area contributed by atoms with Crippen LogP contribution in [0, 0.1) is 6.92 Å². The average molecular weight is 572 g/mol. The smallest absolute Gasteiger partial charge is 0.326 e. The van der Waals surface area contributed by atoms with Crippen molar-refractivity contribution in [3.8, 4) is 5.75 Å². The summed E-state index contributed by atoms with van der Waals surface area (Å²) in [6.07, 6.45) is 7.32. The SMILES string of the molecule is Cc1ccc(OCCN(CCCCc2ccc3c(n2)NCCC3)CC[C@H](Nc2nn(C)c3ccccc23)C(=O)O)cn1. The summed E-state index contributed by atoms with van der Waals surface area (Å²) >= 11 is 0. The number of ether oxygens (including phenoxy) is 1. The average Bonchev–Trinajstić information content (AvgIpc) is 3.32. The fraction of sp³-hybridized carbons (Fsp3) is 0.438. The van der Waals surface area contributed by atoms with Crippen LogP contribution in [-0.4, -0.2) is 74.6 Å². The van der Waals surface area contributed by atoms with Gasteiger partial charge in [0.1, 0.15) is 24.2 Å². The summed E-state index contributed by atoms with van der Waals surface area (Å²) in [6.45, 7) is 5.58. The number of carboxylic acid groups (broad SMARTS) is 1. The van der Waals surface area contributed by atoms with E-state index < -0.39 is 12.0 Å². The molecule has 10 nitrogen and oxygen atoms in total. The van der Waals surface area contributed by atoms with Crippen LogP contribution in [0.3, 0.4) is 0 Å². The van der Waals surface area contributed by atoms with E-state index in [4.69, 9.17) is 9.72 Å². The number of rotatable bonds is 15. The molecule has 0 amide bonds. The number of nitrogens with zero attached hydrogens (tertiary/aromatic N) is 5. The lowest BCUT2D eigenvalue weighted by molar-refractivity contribution is -0.138. The number of hydrogen-bond donors (Lipinski definition) is 3. The zero-order valence-corrected chi connectivity index (χ0v) is 24.6. The van der Waals surface area contributed by atoms with E-state index >= 15 is 0 Å². The molecule has 1 aliphatic rings. The first-order valence-corrected chi connectivity index (χ1v) is 14.9. The summed E-state index contributed by atoms with van der Waals surface area (Å²) in [7, 11) is 1.87. The number of aliphatic carboxylic acids is 1. The standard InChI is InChI=1S/C32H41N7O3/c1-23-12-15-26(22-34-23)42-21-20-39(18-6-5-9-25-14-13-24-8-7-17-33-30(24)35-25)19-16-28(32(40)41)36-31-27-10-3-4-11-29(27)38(2)37-31/h3-4,10-15,22,28H,5-9,16-21H2,1-2H3,(H,33,35)(H,36,37)(H,40,41)/t28-/m0/s1. The van der Waals surface area contributed by atoms with Crippen molar-refractivity contribution in [3.63, 3.8) is 0 Å². The normalized spacial score (nSPS) is 13.5. The van der Waals surface area contributed by atoms with Gasteiger partial charge >= 0.3 is 5.97 Å². The molecule has 10 heteroatoms. The van der Waals surface area contributed by atoms with Crippen LogP contribution in [0.2, 0.25) is 0 Å². The Kier molecular flexibility index (Phi) is 9.86. The number of anilines is 2. The van der Waals surface area contributed by atoms with E-state index in [0.29, 0.717) is 31.9 Å². The molecule has 5 rings (SSSR count). The van der Waals surface area contributed by atoms with Gasteiger partial charge in [-0.2, -0.15) is 5.10 Å². The van der Waals surface area contributed by atoms with Gasteiger partial charge in [-0.15, -0.1) is 0 Å². The Balaban J connectivity index is 1.17. The maximum Gasteiger partial charge on any atom is 0.326 e. The summed E-state index contributed by atoms with van der Waals surface area (Å²) in [4.78, 5) is 23.7. The van der Waals surface area contributed by atoms with E-state index in [0.717, 1.165) is 79.1 Å². The highest BCUT2D eigenvalue weighted by Crippen LogP contribution is 2.23. The minimum absolute atomic E-state index is 0.435. The van der Waals surface area contributed by atoms with Crippen molar-refractivity contribution >= 4 is 28.5 Å². The molecule has 0 saturated heterocycles. The molecule has 1 aliphatic heterocycles. The Hall–Kier alpha value is -4.18. The van der Waals surface area contributed by atoms with Crippen LogP contribution in [0.25, 0.3) is 10.9 Å². The van der Waals surface area contributed by atoms with Gasteiger partial charge in [0.05, 0.1) is 11.7 Å². The molecule has 222 valence electrons. The van der Waals surface area contributed by atoms with Crippen molar-refractivity contribution in [2.75, 3.05) is 43.4 Å². The topological polar surface area (TPSA) is 117 Å². The van der Waals surface area contributed by atoms with Crippen molar-refractivity contribution in [1.82, 2.24) is 24.6 Å². The van der Waals surface area contributed by atoms with Gasteiger partial charge in [-0.1, -0.05) is 18.2 Å². The second-order valence-electron chi connectivity index (χ2n) is 10.9. The Bertz CT molecular complexity index is 1470. The second kappa shape index (κ2) is 14.1. The number of carbonyl (C=O) groups is 1. The van der Waals surface area contributed by atoms with Gasteiger partial charge in [0.2, 0.25) is 0 Å². The Labute approximate surface area is 247 Å². The number of nitrogens with one attached hydrogen (secondary N) is 2. The van der Waals surface area contributed by atoms with Gasteiger partial charge in [0.25, 0.3) is 0 Å². The summed E-state index contributed by atoms with van der Waals surface area (Å²) < 4.78 is 7.73. The zero-order chi connectivity index (χ0) is 29.3. The molecular formula is C32H41N7O3. The molecule has 0 spiro atoms. The Morgan fingerprint density at radius 3 is 2.86 bits per heavy atom. The number of aromatic nitrogens is 4. The molecule has 3 aromatic heterocycles. The van der Waals surface area contributed by atoms with Crippen LogP contribution >= 0.6 is 0 Å². The predicted octanol–water partition coefficient (Wildman–Crippen LogP) is 4.69. The summed E-state index contributed by atoms with van der Waals surface area (Å²) in [5.41, 5.74) is 4.32. The van der Waals surface area contributed by atoms with Crippen LogP contribution in [0.1, 0.15) is 42.6 Å². The largest absolute Gasteiger partial charge is 0.491 e. The van der Waals surface area contributed by atoms with Crippen molar-refractivity contribution in [2.24, 2.45) is 7.05 Å². The summed E-state index contributed by atoms with van der Waals surface area (Å²) in [6, 6.07) is 15.3. The maximum absolute atomic E-state index is 12.2. The molecular weight excluding hydrogens is 530 g/mol. The van der Waals surface area contributed by atoms with Crippen LogP contribution < -0.4 is 15.4 Å². The highest BCUT2D eigenvalue weighted by molar-refractivity contribution is 5.91. The molecule has 4 heterocycles. The third-order valence-electron chi connectivity index (χ3n) is 7.77. The van der Waals surface area contributed by atoms with Crippen molar-refractivity contribution in [3.05, 3.63) is 71.7 Å². The molecule has 1 atom stereocenters. The van der Waals surface area contributed by atoms with E-state index in [2.05, 4.69) is 37.7 Å². The van der Waals surface area contributed by atoms with Gasteiger partial charge in [-0.05, 0) is 87.9 Å². The van der Waals surface area contributed by atoms with E-state index in [1.54, 1.807) is 10.9 Å². The van der Waals surface area contributed by atoms with E-state index in [1.165, 1.54) is 5.56 Å². The molecule has 0 saturated carbocycles. The number of fused-ring (bicyclic) bond motifs is 2. The molecule has 1 aromatic carbocycles. The monoisotopic (exact) mass is 571 g/mol. The first kappa shape index (κ1) is 29.3. The van der Waals surface area contributed by atoms with Gasteiger partial charge in [0.15, 0.2) is 5.82 Å². The maximum atomic E-state index is 12.2. The van der Waals surface area contributed by atoms with Crippen molar-refractivity contribution < 1.29 is 14.6 Å². The van der Waals surface area contributed by atoms with Gasteiger partial charge in [-0.25, -0.2) is 9.78 Å².